The van der Waals surface area contributed by atoms with Gasteiger partial charge in [0.15, 0.2) is 0 Å². The van der Waals surface area contributed by atoms with Crippen LogP contribution in [0.3, 0.4) is 0 Å². The first-order chi connectivity index (χ1) is 9.60. The summed E-state index contributed by atoms with van der Waals surface area (Å²) in [5, 5.41) is 10.7. The van der Waals surface area contributed by atoms with Crippen LogP contribution < -0.4 is 5.63 Å². The van der Waals surface area contributed by atoms with Crippen molar-refractivity contribution in [1.29, 1.82) is 0 Å². The molecular weight excluding hydrogens is 260 g/mol. The van der Waals surface area contributed by atoms with E-state index in [1.807, 2.05) is 0 Å². The number of benzene rings is 1. The number of rotatable bonds is 4. The lowest BCUT2D eigenvalue weighted by atomic mass is 9.96. The number of hydrogen-bond acceptors (Lipinski definition) is 5. The molecule has 1 unspecified atom stereocenters. The van der Waals surface area contributed by atoms with E-state index in [-0.39, 0.29) is 23.5 Å². The highest BCUT2D eigenvalue weighted by Crippen LogP contribution is 2.32. The van der Waals surface area contributed by atoms with Gasteiger partial charge in [0, 0.05) is 0 Å². The summed E-state index contributed by atoms with van der Waals surface area (Å²) in [5.74, 6) is -1.57. The highest BCUT2D eigenvalue weighted by Gasteiger charge is 2.28. The topological polar surface area (TPSA) is 76.7 Å². The van der Waals surface area contributed by atoms with E-state index in [0.717, 1.165) is 0 Å². The van der Waals surface area contributed by atoms with Crippen LogP contribution in [0.5, 0.6) is 5.75 Å². The summed E-state index contributed by atoms with van der Waals surface area (Å²) in [7, 11) is 0. The molecule has 0 saturated heterocycles. The van der Waals surface area contributed by atoms with Gasteiger partial charge in [0.1, 0.15) is 11.3 Å². The van der Waals surface area contributed by atoms with Gasteiger partial charge in [0.05, 0.1) is 23.5 Å². The molecule has 0 aliphatic carbocycles. The molecule has 0 aliphatic rings. The summed E-state index contributed by atoms with van der Waals surface area (Å²) < 4.78 is 10.1. The predicted octanol–water partition coefficient (Wildman–Crippen LogP) is 2.56. The molecule has 0 bridgehead atoms. The molecule has 106 valence electrons. The van der Waals surface area contributed by atoms with Crippen LogP contribution in [0.2, 0.25) is 0 Å². The predicted molar refractivity (Wildman–Crippen MR) is 73.8 cm³/mol. The fourth-order valence-corrected chi connectivity index (χ4v) is 2.19. The van der Waals surface area contributed by atoms with Gasteiger partial charge in [-0.05, 0) is 25.5 Å². The molecule has 1 aromatic carbocycles. The fourth-order valence-electron chi connectivity index (χ4n) is 2.19. The first-order valence-electron chi connectivity index (χ1n) is 6.51. The molecule has 2 aromatic rings. The van der Waals surface area contributed by atoms with Crippen LogP contribution in [0.4, 0.5) is 0 Å². The molecule has 2 rings (SSSR count). The summed E-state index contributed by atoms with van der Waals surface area (Å²) in [4.78, 5) is 23.9. The first kappa shape index (κ1) is 14.1. The maximum Gasteiger partial charge on any atom is 0.344 e. The Balaban J connectivity index is 2.63. The van der Waals surface area contributed by atoms with E-state index in [0.29, 0.717) is 11.8 Å². The smallest absolute Gasteiger partial charge is 0.344 e. The van der Waals surface area contributed by atoms with Crippen molar-refractivity contribution >= 4 is 16.9 Å². The van der Waals surface area contributed by atoms with Crippen molar-refractivity contribution in [3.8, 4) is 5.75 Å². The normalized spacial score (nSPS) is 12.3. The molecule has 5 nitrogen and oxygen atoms in total. The quantitative estimate of drug-likeness (QED) is 0.686. The second kappa shape index (κ2) is 5.77. The molecule has 0 spiro atoms. The van der Waals surface area contributed by atoms with Crippen LogP contribution in [0, 0.1) is 0 Å². The molecular formula is C15H16O5. The van der Waals surface area contributed by atoms with Gasteiger partial charge in [-0.1, -0.05) is 19.1 Å². The zero-order chi connectivity index (χ0) is 14.7. The average Bonchev–Trinajstić information content (AvgIpc) is 2.43. The van der Waals surface area contributed by atoms with E-state index in [4.69, 9.17) is 9.15 Å². The molecule has 20 heavy (non-hydrogen) atoms. The highest BCUT2D eigenvalue weighted by atomic mass is 16.5. The largest absolute Gasteiger partial charge is 0.507 e. The molecule has 1 aromatic heterocycles. The van der Waals surface area contributed by atoms with Crippen LogP contribution in [0.15, 0.2) is 33.5 Å². The summed E-state index contributed by atoms with van der Waals surface area (Å²) in [6.45, 7) is 3.65. The Labute approximate surface area is 115 Å². The minimum atomic E-state index is -0.823. The third-order valence-electron chi connectivity index (χ3n) is 3.15. The van der Waals surface area contributed by atoms with Crippen LogP contribution in [0.1, 0.15) is 31.7 Å². The molecule has 0 saturated carbocycles. The molecule has 1 atom stereocenters. The van der Waals surface area contributed by atoms with E-state index in [1.165, 1.54) is 0 Å². The fraction of sp³-hybridized carbons (Fsp3) is 0.333. The zero-order valence-corrected chi connectivity index (χ0v) is 11.4. The number of aromatic hydroxyl groups is 1. The van der Waals surface area contributed by atoms with Crippen molar-refractivity contribution in [2.24, 2.45) is 0 Å². The Morgan fingerprint density at radius 2 is 2.05 bits per heavy atom. The minimum Gasteiger partial charge on any atom is -0.507 e. The molecule has 0 fully saturated rings. The van der Waals surface area contributed by atoms with Crippen molar-refractivity contribution in [2.45, 2.75) is 26.2 Å². The van der Waals surface area contributed by atoms with Crippen molar-refractivity contribution < 1.29 is 19.1 Å². The van der Waals surface area contributed by atoms with Gasteiger partial charge in [0.2, 0.25) is 0 Å². The van der Waals surface area contributed by atoms with Gasteiger partial charge in [-0.15, -0.1) is 0 Å². The second-order valence-electron chi connectivity index (χ2n) is 4.36. The molecule has 1 N–H and O–H groups in total. The summed E-state index contributed by atoms with van der Waals surface area (Å²) in [6.07, 6.45) is 0.343. The second-order valence-corrected chi connectivity index (χ2v) is 4.36. The Morgan fingerprint density at radius 3 is 2.70 bits per heavy atom. The van der Waals surface area contributed by atoms with Crippen LogP contribution in [-0.4, -0.2) is 17.7 Å². The third kappa shape index (κ3) is 2.39. The van der Waals surface area contributed by atoms with Gasteiger partial charge in [-0.25, -0.2) is 4.79 Å². The van der Waals surface area contributed by atoms with Crippen molar-refractivity contribution in [3.63, 3.8) is 0 Å². The average molecular weight is 276 g/mol. The van der Waals surface area contributed by atoms with Gasteiger partial charge in [-0.3, -0.25) is 4.79 Å². The lowest BCUT2D eigenvalue weighted by molar-refractivity contribution is -0.145. The number of esters is 1. The van der Waals surface area contributed by atoms with E-state index in [2.05, 4.69) is 0 Å². The maximum atomic E-state index is 12.0. The molecule has 0 radical (unpaired) electrons. The number of fused-ring (bicyclic) bond motifs is 1. The van der Waals surface area contributed by atoms with Crippen LogP contribution >= 0.6 is 0 Å². The zero-order valence-electron chi connectivity index (χ0n) is 11.4. The van der Waals surface area contributed by atoms with E-state index in [9.17, 15) is 14.7 Å². The SMILES string of the molecule is CCOC(=O)C(CC)c1c(O)c2ccccc2oc1=O. The van der Waals surface area contributed by atoms with Gasteiger partial charge in [0.25, 0.3) is 0 Å². The monoisotopic (exact) mass is 276 g/mol. The summed E-state index contributed by atoms with van der Waals surface area (Å²) in [5.41, 5.74) is -0.455. The van der Waals surface area contributed by atoms with Gasteiger partial charge >= 0.3 is 11.6 Å². The number of para-hydroxylation sites is 1. The number of ether oxygens (including phenoxy) is 1. The van der Waals surface area contributed by atoms with Crippen LogP contribution in [0.25, 0.3) is 11.0 Å². The van der Waals surface area contributed by atoms with Crippen LogP contribution in [-0.2, 0) is 9.53 Å². The molecule has 5 heteroatoms. The van der Waals surface area contributed by atoms with Crippen molar-refractivity contribution in [3.05, 3.63) is 40.2 Å². The standard InChI is InChI=1S/C15H16O5/c1-3-9(14(17)19-4-2)12-13(16)10-7-5-6-8-11(10)20-15(12)18/h5-9,16H,3-4H2,1-2H3. The minimum absolute atomic E-state index is 0.0374. The third-order valence-corrected chi connectivity index (χ3v) is 3.15. The lowest BCUT2D eigenvalue weighted by Crippen LogP contribution is -2.21. The Kier molecular flexibility index (Phi) is 4.08. The van der Waals surface area contributed by atoms with E-state index >= 15 is 0 Å². The Bertz CT molecular complexity index is 686. The maximum absolute atomic E-state index is 12.0. The summed E-state index contributed by atoms with van der Waals surface area (Å²) >= 11 is 0. The number of carbonyl (C=O) groups excluding carboxylic acids is 1. The van der Waals surface area contributed by atoms with Gasteiger partial charge < -0.3 is 14.3 Å². The highest BCUT2D eigenvalue weighted by molar-refractivity contribution is 5.87. The summed E-state index contributed by atoms with van der Waals surface area (Å²) in [6, 6.07) is 6.64. The van der Waals surface area contributed by atoms with Crippen molar-refractivity contribution in [1.82, 2.24) is 0 Å². The number of hydrogen-bond donors (Lipinski definition) is 1. The Morgan fingerprint density at radius 1 is 1.35 bits per heavy atom. The lowest BCUT2D eigenvalue weighted by Gasteiger charge is -2.14. The Hall–Kier alpha value is -2.30. The first-order valence-corrected chi connectivity index (χ1v) is 6.51. The van der Waals surface area contributed by atoms with Crippen molar-refractivity contribution in [2.75, 3.05) is 6.61 Å². The van der Waals surface area contributed by atoms with Gasteiger partial charge in [-0.2, -0.15) is 0 Å². The van der Waals surface area contributed by atoms with E-state index < -0.39 is 17.5 Å². The number of carbonyl (C=O) groups is 1. The van der Waals surface area contributed by atoms with E-state index in [1.54, 1.807) is 38.1 Å². The molecule has 1 heterocycles. The molecule has 0 aliphatic heterocycles. The molecule has 0 amide bonds.